The molecule has 1 aliphatic heterocycles. The molecule has 1 amide bonds. The molecule has 1 atom stereocenters. The standard InChI is InChI=1S/C13H14BrNO2/c1-9(16)10-5-4-8-15(13(10)17)12-7-3-2-6-11(12)14/h2-3,6-7,10H,4-5,8H2,1H3/t10-/m0/s1. The van der Waals surface area contributed by atoms with E-state index < -0.39 is 5.92 Å². The van der Waals surface area contributed by atoms with Crippen molar-refractivity contribution in [2.24, 2.45) is 5.92 Å². The van der Waals surface area contributed by atoms with Gasteiger partial charge >= 0.3 is 0 Å². The second-order valence-electron chi connectivity index (χ2n) is 4.25. The average molecular weight is 296 g/mol. The number of carbonyl (C=O) groups is 2. The summed E-state index contributed by atoms with van der Waals surface area (Å²) in [7, 11) is 0. The topological polar surface area (TPSA) is 37.4 Å². The van der Waals surface area contributed by atoms with Gasteiger partial charge in [-0.05, 0) is 47.8 Å². The molecule has 0 radical (unpaired) electrons. The Morgan fingerprint density at radius 2 is 2.12 bits per heavy atom. The molecule has 1 heterocycles. The molecule has 4 heteroatoms. The molecule has 1 fully saturated rings. The second kappa shape index (κ2) is 5.00. The summed E-state index contributed by atoms with van der Waals surface area (Å²) in [4.78, 5) is 25.3. The highest BCUT2D eigenvalue weighted by Gasteiger charge is 2.33. The van der Waals surface area contributed by atoms with Gasteiger partial charge in [-0.2, -0.15) is 0 Å². The Morgan fingerprint density at radius 1 is 1.41 bits per heavy atom. The fourth-order valence-electron chi connectivity index (χ4n) is 2.16. The van der Waals surface area contributed by atoms with Gasteiger partial charge in [-0.3, -0.25) is 9.59 Å². The number of amides is 1. The minimum atomic E-state index is -0.462. The maximum Gasteiger partial charge on any atom is 0.237 e. The summed E-state index contributed by atoms with van der Waals surface area (Å²) >= 11 is 3.44. The molecule has 0 aromatic heterocycles. The maximum atomic E-state index is 12.2. The Labute approximate surface area is 109 Å². The van der Waals surface area contributed by atoms with Gasteiger partial charge in [0.05, 0.1) is 11.6 Å². The molecule has 0 N–H and O–H groups in total. The maximum absolute atomic E-state index is 12.2. The molecule has 0 saturated carbocycles. The number of Topliss-reactive ketones (excluding diaryl/α,β-unsaturated/α-hetero) is 1. The Morgan fingerprint density at radius 3 is 2.76 bits per heavy atom. The van der Waals surface area contributed by atoms with Gasteiger partial charge in [0.25, 0.3) is 0 Å². The lowest BCUT2D eigenvalue weighted by molar-refractivity contribution is -0.132. The van der Waals surface area contributed by atoms with E-state index in [4.69, 9.17) is 0 Å². The summed E-state index contributed by atoms with van der Waals surface area (Å²) in [5.41, 5.74) is 0.850. The van der Waals surface area contributed by atoms with Gasteiger partial charge in [-0.1, -0.05) is 12.1 Å². The number of rotatable bonds is 2. The van der Waals surface area contributed by atoms with Crippen LogP contribution in [-0.2, 0) is 9.59 Å². The van der Waals surface area contributed by atoms with Gasteiger partial charge in [0.15, 0.2) is 0 Å². The van der Waals surface area contributed by atoms with Gasteiger partial charge in [-0.15, -0.1) is 0 Å². The van der Waals surface area contributed by atoms with E-state index >= 15 is 0 Å². The first-order valence-electron chi connectivity index (χ1n) is 5.67. The second-order valence-corrected chi connectivity index (χ2v) is 5.10. The van der Waals surface area contributed by atoms with Crippen LogP contribution >= 0.6 is 15.9 Å². The van der Waals surface area contributed by atoms with Crippen LogP contribution in [0, 0.1) is 5.92 Å². The Kier molecular flexibility index (Phi) is 3.62. The number of hydrogen-bond acceptors (Lipinski definition) is 2. The SMILES string of the molecule is CC(=O)[C@@H]1CCCN(c2ccccc2Br)C1=O. The van der Waals surface area contributed by atoms with Crippen LogP contribution < -0.4 is 4.90 Å². The summed E-state index contributed by atoms with van der Waals surface area (Å²) < 4.78 is 0.887. The predicted octanol–water partition coefficient (Wildman–Crippen LogP) is 2.78. The number of ketones is 1. The lowest BCUT2D eigenvalue weighted by atomic mass is 9.93. The van der Waals surface area contributed by atoms with Crippen molar-refractivity contribution in [2.75, 3.05) is 11.4 Å². The quantitative estimate of drug-likeness (QED) is 0.787. The van der Waals surface area contributed by atoms with E-state index in [0.717, 1.165) is 16.6 Å². The molecule has 2 rings (SSSR count). The fourth-order valence-corrected chi connectivity index (χ4v) is 2.66. The lowest BCUT2D eigenvalue weighted by Gasteiger charge is -2.31. The number of carbonyl (C=O) groups excluding carboxylic acids is 2. The summed E-state index contributed by atoms with van der Waals surface area (Å²) in [5, 5.41) is 0. The van der Waals surface area contributed by atoms with Crippen molar-refractivity contribution in [3.05, 3.63) is 28.7 Å². The molecule has 90 valence electrons. The van der Waals surface area contributed by atoms with Crippen LogP contribution in [0.15, 0.2) is 28.7 Å². The van der Waals surface area contributed by atoms with Crippen LogP contribution in [0.2, 0.25) is 0 Å². The first-order valence-corrected chi connectivity index (χ1v) is 6.47. The van der Waals surface area contributed by atoms with Crippen molar-refractivity contribution < 1.29 is 9.59 Å². The highest BCUT2D eigenvalue weighted by molar-refractivity contribution is 9.10. The molecule has 0 aliphatic carbocycles. The highest BCUT2D eigenvalue weighted by atomic mass is 79.9. The van der Waals surface area contributed by atoms with E-state index in [9.17, 15) is 9.59 Å². The molecule has 1 saturated heterocycles. The normalized spacial score (nSPS) is 20.5. The number of piperidine rings is 1. The zero-order valence-corrected chi connectivity index (χ0v) is 11.2. The zero-order chi connectivity index (χ0) is 12.4. The Bertz CT molecular complexity index is 458. The zero-order valence-electron chi connectivity index (χ0n) is 9.65. The average Bonchev–Trinajstić information content (AvgIpc) is 2.30. The molecule has 1 aromatic carbocycles. The highest BCUT2D eigenvalue weighted by Crippen LogP contribution is 2.30. The monoisotopic (exact) mass is 295 g/mol. The van der Waals surface area contributed by atoms with Gasteiger partial charge < -0.3 is 4.90 Å². The van der Waals surface area contributed by atoms with Crippen molar-refractivity contribution >= 4 is 33.3 Å². The van der Waals surface area contributed by atoms with Crippen LogP contribution in [0.5, 0.6) is 0 Å². The van der Waals surface area contributed by atoms with Gasteiger partial charge in [0.2, 0.25) is 5.91 Å². The van der Waals surface area contributed by atoms with Crippen molar-refractivity contribution in [3.63, 3.8) is 0 Å². The summed E-state index contributed by atoms with van der Waals surface area (Å²) in [6, 6.07) is 7.60. The minimum absolute atomic E-state index is 0.0354. The molecule has 1 aromatic rings. The third-order valence-corrected chi connectivity index (χ3v) is 3.74. The first-order chi connectivity index (χ1) is 8.11. The number of para-hydroxylation sites is 1. The van der Waals surface area contributed by atoms with E-state index in [-0.39, 0.29) is 11.7 Å². The molecular weight excluding hydrogens is 282 g/mol. The molecule has 1 aliphatic rings. The number of halogens is 1. The van der Waals surface area contributed by atoms with Gasteiger partial charge in [-0.25, -0.2) is 0 Å². The minimum Gasteiger partial charge on any atom is -0.311 e. The Hall–Kier alpha value is -1.16. The van der Waals surface area contributed by atoms with Gasteiger partial charge in [0.1, 0.15) is 5.78 Å². The van der Waals surface area contributed by atoms with E-state index in [1.54, 1.807) is 4.90 Å². The number of hydrogen-bond donors (Lipinski definition) is 0. The van der Waals surface area contributed by atoms with E-state index in [0.29, 0.717) is 13.0 Å². The van der Waals surface area contributed by atoms with E-state index in [2.05, 4.69) is 15.9 Å². The van der Waals surface area contributed by atoms with Crippen LogP contribution in [0.1, 0.15) is 19.8 Å². The summed E-state index contributed by atoms with van der Waals surface area (Å²) in [6.07, 6.45) is 1.55. The van der Waals surface area contributed by atoms with Crippen molar-refractivity contribution in [2.45, 2.75) is 19.8 Å². The third-order valence-electron chi connectivity index (χ3n) is 3.07. The van der Waals surface area contributed by atoms with E-state index in [1.807, 2.05) is 24.3 Å². The summed E-state index contributed by atoms with van der Waals surface area (Å²) in [6.45, 7) is 2.18. The predicted molar refractivity (Wildman–Crippen MR) is 69.9 cm³/mol. The van der Waals surface area contributed by atoms with Crippen molar-refractivity contribution in [1.82, 2.24) is 0 Å². The third kappa shape index (κ3) is 2.41. The lowest BCUT2D eigenvalue weighted by Crippen LogP contribution is -2.43. The molecule has 17 heavy (non-hydrogen) atoms. The largest absolute Gasteiger partial charge is 0.311 e. The molecule has 0 spiro atoms. The van der Waals surface area contributed by atoms with Crippen LogP contribution in [0.4, 0.5) is 5.69 Å². The Balaban J connectivity index is 2.30. The molecule has 3 nitrogen and oxygen atoms in total. The summed E-state index contributed by atoms with van der Waals surface area (Å²) in [5.74, 6) is -0.571. The smallest absolute Gasteiger partial charge is 0.237 e. The van der Waals surface area contributed by atoms with Crippen molar-refractivity contribution in [1.29, 1.82) is 0 Å². The van der Waals surface area contributed by atoms with Gasteiger partial charge in [0, 0.05) is 11.0 Å². The van der Waals surface area contributed by atoms with Crippen LogP contribution in [0.3, 0.4) is 0 Å². The van der Waals surface area contributed by atoms with Crippen LogP contribution in [-0.4, -0.2) is 18.2 Å². The molecule has 0 unspecified atom stereocenters. The number of nitrogens with zero attached hydrogens (tertiary/aromatic N) is 1. The van der Waals surface area contributed by atoms with Crippen LogP contribution in [0.25, 0.3) is 0 Å². The number of benzene rings is 1. The number of anilines is 1. The van der Waals surface area contributed by atoms with E-state index in [1.165, 1.54) is 6.92 Å². The first kappa shape index (κ1) is 12.3. The molecular formula is C13H14BrNO2. The van der Waals surface area contributed by atoms with Crippen molar-refractivity contribution in [3.8, 4) is 0 Å². The fraction of sp³-hybridized carbons (Fsp3) is 0.385. The molecule has 0 bridgehead atoms.